The number of ether oxygens (including phenoxy) is 2. The van der Waals surface area contributed by atoms with Gasteiger partial charge in [-0.15, -0.1) is 11.3 Å². The molecule has 7 nitrogen and oxygen atoms in total. The van der Waals surface area contributed by atoms with Gasteiger partial charge in [0.15, 0.2) is 0 Å². The number of benzene rings is 1. The summed E-state index contributed by atoms with van der Waals surface area (Å²) in [6, 6.07) is 6.81. The van der Waals surface area contributed by atoms with Crippen LogP contribution in [0.2, 0.25) is 0 Å². The van der Waals surface area contributed by atoms with Crippen LogP contribution in [0.15, 0.2) is 24.3 Å². The van der Waals surface area contributed by atoms with Crippen molar-refractivity contribution in [2.24, 2.45) is 0 Å². The van der Waals surface area contributed by atoms with Gasteiger partial charge in [-0.05, 0) is 31.5 Å². The number of nitrogens with one attached hydrogen (secondary N) is 1. The topological polar surface area (TPSA) is 84.9 Å². The summed E-state index contributed by atoms with van der Waals surface area (Å²) in [6.45, 7) is 3.90. The largest absolute Gasteiger partial charge is 0.493 e. The molecule has 2 aromatic rings. The third kappa shape index (κ3) is 4.28. The van der Waals surface area contributed by atoms with E-state index in [1.165, 1.54) is 12.0 Å². The van der Waals surface area contributed by atoms with Crippen molar-refractivity contribution in [3.05, 3.63) is 45.8 Å². The van der Waals surface area contributed by atoms with Crippen LogP contribution in [0, 0.1) is 6.92 Å². The Morgan fingerprint density at radius 3 is 2.44 bits per heavy atom. The molecule has 0 saturated carbocycles. The number of anilines is 1. The number of amides is 2. The summed E-state index contributed by atoms with van der Waals surface area (Å²) in [7, 11) is 4.49. The first-order valence-electron chi connectivity index (χ1n) is 8.28. The summed E-state index contributed by atoms with van der Waals surface area (Å²) in [4.78, 5) is 39.2. The molecule has 1 aromatic heterocycles. The Morgan fingerprint density at radius 1 is 1.19 bits per heavy atom. The molecule has 0 fully saturated rings. The second-order valence-corrected chi connectivity index (χ2v) is 6.86. The Labute approximate surface area is 161 Å². The van der Waals surface area contributed by atoms with E-state index in [-0.39, 0.29) is 16.5 Å². The first kappa shape index (κ1) is 20.4. The van der Waals surface area contributed by atoms with Crippen molar-refractivity contribution >= 4 is 34.1 Å². The average Bonchev–Trinajstić information content (AvgIpc) is 2.96. The second kappa shape index (κ2) is 8.68. The predicted molar refractivity (Wildman–Crippen MR) is 104 cm³/mol. The summed E-state index contributed by atoms with van der Waals surface area (Å²) in [5, 5.41) is 2.99. The van der Waals surface area contributed by atoms with Gasteiger partial charge >= 0.3 is 5.97 Å². The summed E-state index contributed by atoms with van der Waals surface area (Å²) >= 11 is 1.04. The van der Waals surface area contributed by atoms with E-state index in [4.69, 9.17) is 9.47 Å². The van der Waals surface area contributed by atoms with Crippen LogP contribution in [0.5, 0.6) is 5.75 Å². The quantitative estimate of drug-likeness (QED) is 0.766. The van der Waals surface area contributed by atoms with Crippen LogP contribution in [0.4, 0.5) is 5.00 Å². The molecule has 2 amide bonds. The third-order valence-electron chi connectivity index (χ3n) is 3.80. The molecule has 1 aromatic carbocycles. The molecule has 0 spiro atoms. The predicted octanol–water partition coefficient (Wildman–Crippen LogP) is 3.20. The lowest BCUT2D eigenvalue weighted by Crippen LogP contribution is -2.21. The molecular formula is C19H22N2O5S. The van der Waals surface area contributed by atoms with E-state index < -0.39 is 11.9 Å². The summed E-state index contributed by atoms with van der Waals surface area (Å²) in [6.07, 6.45) is 0. The molecule has 1 heterocycles. The van der Waals surface area contributed by atoms with Gasteiger partial charge in [0.25, 0.3) is 11.8 Å². The number of hydrogen-bond donors (Lipinski definition) is 1. The molecule has 0 bridgehead atoms. The van der Waals surface area contributed by atoms with Crippen molar-refractivity contribution in [1.29, 1.82) is 0 Å². The van der Waals surface area contributed by atoms with Crippen LogP contribution in [0.1, 0.15) is 42.9 Å². The van der Waals surface area contributed by atoms with Crippen molar-refractivity contribution in [3.63, 3.8) is 0 Å². The zero-order chi connectivity index (χ0) is 20.1. The lowest BCUT2D eigenvalue weighted by molar-refractivity contribution is 0.0601. The average molecular weight is 390 g/mol. The van der Waals surface area contributed by atoms with Crippen molar-refractivity contribution in [2.75, 3.05) is 33.1 Å². The molecule has 0 atom stereocenters. The Hall–Kier alpha value is -2.87. The first-order chi connectivity index (χ1) is 12.8. The molecule has 0 radical (unpaired) electrons. The summed E-state index contributed by atoms with van der Waals surface area (Å²) in [5.41, 5.74) is 0.982. The molecular weight excluding hydrogens is 368 g/mol. The number of carbonyl (C=O) groups is 3. The minimum Gasteiger partial charge on any atom is -0.493 e. The molecule has 27 heavy (non-hydrogen) atoms. The molecule has 8 heteroatoms. The van der Waals surface area contributed by atoms with Crippen LogP contribution in [0.25, 0.3) is 0 Å². The van der Waals surface area contributed by atoms with Gasteiger partial charge in [0.05, 0.1) is 29.7 Å². The van der Waals surface area contributed by atoms with Gasteiger partial charge in [0, 0.05) is 14.1 Å². The van der Waals surface area contributed by atoms with E-state index >= 15 is 0 Å². The molecule has 0 aliphatic heterocycles. The minimum atomic E-state index is -0.616. The number of para-hydroxylation sites is 1. The van der Waals surface area contributed by atoms with E-state index in [9.17, 15) is 14.4 Å². The SMILES string of the molecule is CCOc1ccccc1C(=O)Nc1sc(C(=O)N(C)C)c(C)c1C(=O)OC. The maximum Gasteiger partial charge on any atom is 0.341 e. The minimum absolute atomic E-state index is 0.176. The Morgan fingerprint density at radius 2 is 1.85 bits per heavy atom. The number of esters is 1. The summed E-state index contributed by atoms with van der Waals surface area (Å²) < 4.78 is 10.3. The highest BCUT2D eigenvalue weighted by Crippen LogP contribution is 2.35. The standard InChI is InChI=1S/C19H22N2O5S/c1-6-26-13-10-8-7-9-12(13)16(22)20-17-14(19(24)25-5)11(2)15(27-17)18(23)21(3)4/h7-10H,6H2,1-5H3,(H,20,22). The van der Waals surface area contributed by atoms with E-state index in [2.05, 4.69) is 5.32 Å². The third-order valence-corrected chi connectivity index (χ3v) is 4.99. The van der Waals surface area contributed by atoms with Crippen molar-refractivity contribution in [1.82, 2.24) is 4.90 Å². The molecule has 144 valence electrons. The Bertz CT molecular complexity index is 873. The Balaban J connectivity index is 2.46. The second-order valence-electron chi connectivity index (χ2n) is 5.83. The fraction of sp³-hybridized carbons (Fsp3) is 0.316. The van der Waals surface area contributed by atoms with Crippen LogP contribution < -0.4 is 10.1 Å². The molecule has 2 rings (SSSR count). The first-order valence-corrected chi connectivity index (χ1v) is 9.09. The number of carbonyl (C=O) groups excluding carboxylic acids is 3. The van der Waals surface area contributed by atoms with Crippen molar-refractivity contribution < 1.29 is 23.9 Å². The van der Waals surface area contributed by atoms with Crippen LogP contribution in [0.3, 0.4) is 0 Å². The number of nitrogens with zero attached hydrogens (tertiary/aromatic N) is 1. The van der Waals surface area contributed by atoms with Gasteiger partial charge in [-0.25, -0.2) is 4.79 Å². The van der Waals surface area contributed by atoms with Gasteiger partial charge in [-0.1, -0.05) is 12.1 Å². The van der Waals surface area contributed by atoms with Crippen LogP contribution in [-0.2, 0) is 4.74 Å². The van der Waals surface area contributed by atoms with Crippen LogP contribution >= 0.6 is 11.3 Å². The van der Waals surface area contributed by atoms with E-state index in [1.54, 1.807) is 45.3 Å². The van der Waals surface area contributed by atoms with Gasteiger partial charge in [-0.3, -0.25) is 9.59 Å². The highest BCUT2D eigenvalue weighted by Gasteiger charge is 2.27. The number of thiophene rings is 1. The lowest BCUT2D eigenvalue weighted by Gasteiger charge is -2.10. The van der Waals surface area contributed by atoms with Gasteiger partial charge in [-0.2, -0.15) is 0 Å². The van der Waals surface area contributed by atoms with Gasteiger partial charge < -0.3 is 19.7 Å². The fourth-order valence-corrected chi connectivity index (χ4v) is 3.67. The number of rotatable bonds is 6. The zero-order valence-corrected chi connectivity index (χ0v) is 16.7. The smallest absolute Gasteiger partial charge is 0.341 e. The monoisotopic (exact) mass is 390 g/mol. The molecule has 0 aliphatic rings. The normalized spacial score (nSPS) is 10.3. The molecule has 0 unspecified atom stereocenters. The molecule has 1 N–H and O–H groups in total. The number of methoxy groups -OCH3 is 1. The Kier molecular flexibility index (Phi) is 6.57. The fourth-order valence-electron chi connectivity index (χ4n) is 2.46. The maximum absolute atomic E-state index is 12.8. The van der Waals surface area contributed by atoms with Crippen molar-refractivity contribution in [3.8, 4) is 5.75 Å². The number of hydrogen-bond acceptors (Lipinski definition) is 6. The molecule has 0 saturated heterocycles. The van der Waals surface area contributed by atoms with Crippen molar-refractivity contribution in [2.45, 2.75) is 13.8 Å². The lowest BCUT2D eigenvalue weighted by atomic mass is 10.1. The van der Waals surface area contributed by atoms with E-state index in [0.29, 0.717) is 28.4 Å². The maximum atomic E-state index is 12.8. The van der Waals surface area contributed by atoms with E-state index in [1.807, 2.05) is 6.92 Å². The highest BCUT2D eigenvalue weighted by molar-refractivity contribution is 7.18. The zero-order valence-electron chi connectivity index (χ0n) is 15.9. The van der Waals surface area contributed by atoms with Gasteiger partial charge in [0.1, 0.15) is 10.8 Å². The van der Waals surface area contributed by atoms with Crippen LogP contribution in [-0.4, -0.2) is 50.5 Å². The summed E-state index contributed by atoms with van der Waals surface area (Å²) in [5.74, 6) is -0.864. The van der Waals surface area contributed by atoms with Gasteiger partial charge in [0.2, 0.25) is 0 Å². The highest BCUT2D eigenvalue weighted by atomic mass is 32.1. The van der Waals surface area contributed by atoms with E-state index in [0.717, 1.165) is 11.3 Å². The molecule has 0 aliphatic carbocycles.